The highest BCUT2D eigenvalue weighted by Crippen LogP contribution is 2.23. The summed E-state index contributed by atoms with van der Waals surface area (Å²) in [6.45, 7) is 4.13. The smallest absolute Gasteiger partial charge is 0.0751 e. The molecule has 0 bridgehead atoms. The van der Waals surface area contributed by atoms with Gasteiger partial charge in [-0.25, -0.2) is 0 Å². The standard InChI is InChI=1S/C7H12O/c1-5-3-6(2)7(8)4-5/h4,6-8H,3H2,1-2H3/t6?,7-/m0/s1. The molecule has 46 valence electrons. The second kappa shape index (κ2) is 1.90. The van der Waals surface area contributed by atoms with E-state index in [1.54, 1.807) is 0 Å². The van der Waals surface area contributed by atoms with E-state index < -0.39 is 0 Å². The van der Waals surface area contributed by atoms with E-state index in [0.29, 0.717) is 5.92 Å². The Morgan fingerprint density at radius 1 is 1.75 bits per heavy atom. The molecule has 1 N–H and O–H groups in total. The number of allylic oxidation sites excluding steroid dienone is 1. The van der Waals surface area contributed by atoms with Crippen molar-refractivity contribution in [3.05, 3.63) is 11.6 Å². The number of hydrogen-bond donors (Lipinski definition) is 1. The lowest BCUT2D eigenvalue weighted by Crippen LogP contribution is -2.07. The van der Waals surface area contributed by atoms with Crippen LogP contribution in [0, 0.1) is 5.92 Å². The molecule has 0 spiro atoms. The summed E-state index contributed by atoms with van der Waals surface area (Å²) in [5.41, 5.74) is 1.32. The van der Waals surface area contributed by atoms with Crippen LogP contribution in [0.2, 0.25) is 0 Å². The van der Waals surface area contributed by atoms with Gasteiger partial charge in [-0.1, -0.05) is 18.6 Å². The SMILES string of the molecule is CC1=C[C@H](O)C(C)C1. The van der Waals surface area contributed by atoms with Gasteiger partial charge in [-0.15, -0.1) is 0 Å². The molecule has 2 atom stereocenters. The molecule has 0 aromatic rings. The van der Waals surface area contributed by atoms with Gasteiger partial charge in [0.25, 0.3) is 0 Å². The maximum Gasteiger partial charge on any atom is 0.0751 e. The second-order valence-corrected chi connectivity index (χ2v) is 2.69. The monoisotopic (exact) mass is 112 g/mol. The van der Waals surface area contributed by atoms with Crippen LogP contribution in [-0.2, 0) is 0 Å². The summed E-state index contributed by atoms with van der Waals surface area (Å²) in [5.74, 6) is 0.454. The lowest BCUT2D eigenvalue weighted by molar-refractivity contribution is 0.175. The Bertz CT molecular complexity index is 116. The van der Waals surface area contributed by atoms with Crippen molar-refractivity contribution >= 4 is 0 Å². The van der Waals surface area contributed by atoms with Crippen molar-refractivity contribution in [2.24, 2.45) is 5.92 Å². The quantitative estimate of drug-likeness (QED) is 0.469. The molecule has 0 saturated carbocycles. The van der Waals surface area contributed by atoms with E-state index in [4.69, 9.17) is 5.11 Å². The van der Waals surface area contributed by atoms with Crippen LogP contribution in [-0.4, -0.2) is 11.2 Å². The van der Waals surface area contributed by atoms with Crippen molar-refractivity contribution in [3.63, 3.8) is 0 Å². The number of aliphatic hydroxyl groups is 1. The lowest BCUT2D eigenvalue weighted by atomic mass is 10.1. The molecule has 0 fully saturated rings. The minimum Gasteiger partial charge on any atom is -0.389 e. The summed E-state index contributed by atoms with van der Waals surface area (Å²) in [4.78, 5) is 0. The molecule has 0 aromatic heterocycles. The van der Waals surface area contributed by atoms with Gasteiger partial charge in [0, 0.05) is 0 Å². The van der Waals surface area contributed by atoms with E-state index in [1.165, 1.54) is 5.57 Å². The molecule has 0 radical (unpaired) electrons. The van der Waals surface area contributed by atoms with Gasteiger partial charge in [0.1, 0.15) is 0 Å². The number of aliphatic hydroxyl groups excluding tert-OH is 1. The first-order valence-corrected chi connectivity index (χ1v) is 3.05. The van der Waals surface area contributed by atoms with E-state index in [9.17, 15) is 0 Å². The molecular weight excluding hydrogens is 100 g/mol. The molecule has 1 aliphatic carbocycles. The third kappa shape index (κ3) is 0.920. The minimum atomic E-state index is -0.171. The van der Waals surface area contributed by atoms with Gasteiger partial charge >= 0.3 is 0 Å². The summed E-state index contributed by atoms with van der Waals surface area (Å²) >= 11 is 0. The maximum atomic E-state index is 9.09. The first kappa shape index (κ1) is 5.83. The summed E-state index contributed by atoms with van der Waals surface area (Å²) in [5, 5.41) is 9.09. The molecule has 0 aliphatic heterocycles. The van der Waals surface area contributed by atoms with Crippen LogP contribution in [0.5, 0.6) is 0 Å². The second-order valence-electron chi connectivity index (χ2n) is 2.69. The number of hydrogen-bond acceptors (Lipinski definition) is 1. The Labute approximate surface area is 50.0 Å². The Morgan fingerprint density at radius 2 is 2.38 bits per heavy atom. The lowest BCUT2D eigenvalue weighted by Gasteiger charge is -2.04. The zero-order valence-electron chi connectivity index (χ0n) is 5.39. The Kier molecular flexibility index (Phi) is 1.39. The van der Waals surface area contributed by atoms with Crippen LogP contribution in [0.4, 0.5) is 0 Å². The van der Waals surface area contributed by atoms with Crippen molar-refractivity contribution in [2.75, 3.05) is 0 Å². The topological polar surface area (TPSA) is 20.2 Å². The summed E-state index contributed by atoms with van der Waals surface area (Å²) in [7, 11) is 0. The third-order valence-corrected chi connectivity index (χ3v) is 1.68. The molecule has 1 nitrogen and oxygen atoms in total. The van der Waals surface area contributed by atoms with Crippen molar-refractivity contribution in [3.8, 4) is 0 Å². The average Bonchev–Trinajstić information content (AvgIpc) is 1.85. The van der Waals surface area contributed by atoms with Gasteiger partial charge in [-0.3, -0.25) is 0 Å². The molecule has 0 heterocycles. The summed E-state index contributed by atoms with van der Waals surface area (Å²) in [6.07, 6.45) is 2.83. The van der Waals surface area contributed by atoms with Gasteiger partial charge in [0.05, 0.1) is 6.10 Å². The third-order valence-electron chi connectivity index (χ3n) is 1.68. The van der Waals surface area contributed by atoms with Gasteiger partial charge in [-0.2, -0.15) is 0 Å². The van der Waals surface area contributed by atoms with Crippen LogP contribution < -0.4 is 0 Å². The zero-order chi connectivity index (χ0) is 6.15. The van der Waals surface area contributed by atoms with Gasteiger partial charge in [0.15, 0.2) is 0 Å². The van der Waals surface area contributed by atoms with Crippen molar-refractivity contribution in [2.45, 2.75) is 26.4 Å². The molecule has 1 heteroatoms. The van der Waals surface area contributed by atoms with Crippen LogP contribution in [0.25, 0.3) is 0 Å². The predicted molar refractivity (Wildman–Crippen MR) is 33.5 cm³/mol. The van der Waals surface area contributed by atoms with E-state index in [0.717, 1.165) is 6.42 Å². The van der Waals surface area contributed by atoms with E-state index in [-0.39, 0.29) is 6.10 Å². The fourth-order valence-corrected chi connectivity index (χ4v) is 1.15. The number of rotatable bonds is 0. The Hall–Kier alpha value is -0.300. The predicted octanol–water partition coefficient (Wildman–Crippen LogP) is 1.33. The zero-order valence-corrected chi connectivity index (χ0v) is 5.39. The van der Waals surface area contributed by atoms with Gasteiger partial charge in [-0.05, 0) is 19.3 Å². The minimum absolute atomic E-state index is 0.171. The van der Waals surface area contributed by atoms with Crippen LogP contribution in [0.1, 0.15) is 20.3 Å². The van der Waals surface area contributed by atoms with Crippen molar-refractivity contribution < 1.29 is 5.11 Å². The molecule has 0 amide bonds. The van der Waals surface area contributed by atoms with E-state index in [2.05, 4.69) is 13.8 Å². The Morgan fingerprint density at radius 3 is 2.50 bits per heavy atom. The van der Waals surface area contributed by atoms with Crippen LogP contribution >= 0.6 is 0 Å². The van der Waals surface area contributed by atoms with Crippen molar-refractivity contribution in [1.29, 1.82) is 0 Å². The highest BCUT2D eigenvalue weighted by molar-refractivity contribution is 5.11. The highest BCUT2D eigenvalue weighted by Gasteiger charge is 2.18. The van der Waals surface area contributed by atoms with E-state index >= 15 is 0 Å². The fourth-order valence-electron chi connectivity index (χ4n) is 1.15. The average molecular weight is 112 g/mol. The molecule has 0 aromatic carbocycles. The van der Waals surface area contributed by atoms with Gasteiger partial charge in [0.2, 0.25) is 0 Å². The van der Waals surface area contributed by atoms with Crippen LogP contribution in [0.3, 0.4) is 0 Å². The molecular formula is C7H12O. The molecule has 0 saturated heterocycles. The van der Waals surface area contributed by atoms with E-state index in [1.807, 2.05) is 6.08 Å². The molecule has 1 rings (SSSR count). The molecule has 1 aliphatic rings. The normalized spacial score (nSPS) is 37.6. The first-order chi connectivity index (χ1) is 3.70. The maximum absolute atomic E-state index is 9.09. The fraction of sp³-hybridized carbons (Fsp3) is 0.714. The Balaban J connectivity index is 2.56. The largest absolute Gasteiger partial charge is 0.389 e. The molecule has 1 unspecified atom stereocenters. The van der Waals surface area contributed by atoms with Gasteiger partial charge < -0.3 is 5.11 Å². The van der Waals surface area contributed by atoms with Crippen molar-refractivity contribution in [1.82, 2.24) is 0 Å². The molecule has 8 heavy (non-hydrogen) atoms. The van der Waals surface area contributed by atoms with Crippen LogP contribution in [0.15, 0.2) is 11.6 Å². The summed E-state index contributed by atoms with van der Waals surface area (Å²) in [6, 6.07) is 0. The highest BCUT2D eigenvalue weighted by atomic mass is 16.3. The summed E-state index contributed by atoms with van der Waals surface area (Å²) < 4.78 is 0. The first-order valence-electron chi connectivity index (χ1n) is 3.05.